The van der Waals surface area contributed by atoms with Gasteiger partial charge in [0.25, 0.3) is 10.0 Å². The molecule has 1 aliphatic rings. The van der Waals surface area contributed by atoms with Crippen molar-refractivity contribution in [2.75, 3.05) is 17.7 Å². The first-order valence-corrected chi connectivity index (χ1v) is 8.52. The van der Waals surface area contributed by atoms with E-state index < -0.39 is 10.0 Å². The fraction of sp³-hybridized carbons (Fsp3) is 0.125. The standard InChI is InChI=1S/C16H15N3O4S/c1-10(20)17-13-8-7-11(23-2)9-14(13)18-16-12-5-3-4-6-15(12)24(21,22)19-16/h3-9H,1-2H3,(H,17,20)(H,18,19). The number of nitrogens with zero attached hydrogens (tertiary/aromatic N) is 1. The number of carbonyl (C=O) groups excluding carboxylic acids is 1. The number of fused-ring (bicyclic) bond motifs is 1. The van der Waals surface area contributed by atoms with Gasteiger partial charge in [-0.15, -0.1) is 4.40 Å². The molecule has 0 spiro atoms. The van der Waals surface area contributed by atoms with E-state index in [4.69, 9.17) is 4.74 Å². The Bertz CT molecular complexity index is 952. The van der Waals surface area contributed by atoms with E-state index >= 15 is 0 Å². The number of anilines is 2. The van der Waals surface area contributed by atoms with Crippen molar-refractivity contribution in [2.45, 2.75) is 11.8 Å². The molecule has 24 heavy (non-hydrogen) atoms. The number of methoxy groups -OCH3 is 1. The number of sulfonamides is 1. The molecule has 0 saturated carbocycles. The molecule has 0 unspecified atom stereocenters. The summed E-state index contributed by atoms with van der Waals surface area (Å²) >= 11 is 0. The first-order chi connectivity index (χ1) is 11.4. The van der Waals surface area contributed by atoms with Crippen molar-refractivity contribution in [3.8, 4) is 5.75 Å². The number of amidine groups is 1. The summed E-state index contributed by atoms with van der Waals surface area (Å²) in [5.74, 6) is 0.511. The van der Waals surface area contributed by atoms with Crippen LogP contribution in [-0.4, -0.2) is 27.3 Å². The maximum Gasteiger partial charge on any atom is 0.285 e. The van der Waals surface area contributed by atoms with Crippen LogP contribution in [0.1, 0.15) is 12.5 Å². The Morgan fingerprint density at radius 2 is 1.88 bits per heavy atom. The zero-order valence-corrected chi connectivity index (χ0v) is 13.8. The topological polar surface area (TPSA) is 96.9 Å². The van der Waals surface area contributed by atoms with Crippen molar-refractivity contribution in [1.29, 1.82) is 0 Å². The van der Waals surface area contributed by atoms with Gasteiger partial charge in [-0.1, -0.05) is 12.1 Å². The van der Waals surface area contributed by atoms with Gasteiger partial charge in [0.1, 0.15) is 10.6 Å². The summed E-state index contributed by atoms with van der Waals surface area (Å²) in [4.78, 5) is 11.5. The molecule has 0 aliphatic carbocycles. The molecule has 2 N–H and O–H groups in total. The van der Waals surface area contributed by atoms with Crippen LogP contribution in [0.5, 0.6) is 5.75 Å². The fourth-order valence-corrected chi connectivity index (χ4v) is 3.55. The zero-order chi connectivity index (χ0) is 17.3. The molecule has 8 heteroatoms. The van der Waals surface area contributed by atoms with E-state index in [-0.39, 0.29) is 16.6 Å². The Balaban J connectivity index is 2.04. The molecule has 0 radical (unpaired) electrons. The number of benzene rings is 2. The Morgan fingerprint density at radius 3 is 2.58 bits per heavy atom. The lowest BCUT2D eigenvalue weighted by molar-refractivity contribution is -0.114. The lowest BCUT2D eigenvalue weighted by Crippen LogP contribution is -2.15. The first kappa shape index (κ1) is 16.0. The van der Waals surface area contributed by atoms with Gasteiger partial charge in [-0.25, -0.2) is 0 Å². The van der Waals surface area contributed by atoms with Crippen molar-refractivity contribution in [3.63, 3.8) is 0 Å². The summed E-state index contributed by atoms with van der Waals surface area (Å²) in [6.07, 6.45) is 0. The maximum atomic E-state index is 12.1. The summed E-state index contributed by atoms with van der Waals surface area (Å²) in [5, 5.41) is 5.66. The Hall–Kier alpha value is -2.87. The van der Waals surface area contributed by atoms with Crippen LogP contribution in [0.25, 0.3) is 0 Å². The van der Waals surface area contributed by atoms with Crippen LogP contribution in [0.2, 0.25) is 0 Å². The van der Waals surface area contributed by atoms with Crippen molar-refractivity contribution in [2.24, 2.45) is 4.40 Å². The smallest absolute Gasteiger partial charge is 0.285 e. The predicted molar refractivity (Wildman–Crippen MR) is 91.1 cm³/mol. The molecule has 2 aromatic carbocycles. The van der Waals surface area contributed by atoms with Gasteiger partial charge in [-0.2, -0.15) is 8.42 Å². The normalized spacial score (nSPS) is 14.5. The molecule has 0 saturated heterocycles. The molecule has 0 atom stereocenters. The SMILES string of the molecule is COc1ccc(NC(C)=O)c(NC2=NS(=O)(=O)c3ccccc32)c1. The average molecular weight is 345 g/mol. The molecule has 2 aromatic rings. The van der Waals surface area contributed by atoms with Crippen LogP contribution in [0, 0.1) is 0 Å². The summed E-state index contributed by atoms with van der Waals surface area (Å²) < 4.78 is 33.2. The van der Waals surface area contributed by atoms with Crippen LogP contribution in [0.4, 0.5) is 11.4 Å². The minimum Gasteiger partial charge on any atom is -0.497 e. The molecular formula is C16H15N3O4S. The summed E-state index contributed by atoms with van der Waals surface area (Å²) in [6, 6.07) is 11.6. The van der Waals surface area contributed by atoms with Crippen LogP contribution >= 0.6 is 0 Å². The highest BCUT2D eigenvalue weighted by atomic mass is 32.2. The number of ether oxygens (including phenoxy) is 1. The Kier molecular flexibility index (Phi) is 3.98. The summed E-state index contributed by atoms with van der Waals surface area (Å²) in [5.41, 5.74) is 1.46. The molecule has 0 aromatic heterocycles. The third kappa shape index (κ3) is 2.95. The highest BCUT2D eigenvalue weighted by Crippen LogP contribution is 2.31. The molecule has 1 heterocycles. The van der Waals surface area contributed by atoms with Gasteiger partial charge in [-0.05, 0) is 24.3 Å². The second-order valence-corrected chi connectivity index (χ2v) is 6.70. The number of hydrogen-bond acceptors (Lipinski definition) is 5. The number of carbonyl (C=O) groups is 1. The van der Waals surface area contributed by atoms with E-state index in [0.717, 1.165) is 0 Å². The van der Waals surface area contributed by atoms with Crippen molar-refractivity contribution in [1.82, 2.24) is 0 Å². The van der Waals surface area contributed by atoms with E-state index in [1.807, 2.05) is 0 Å². The lowest BCUT2D eigenvalue weighted by Gasteiger charge is -2.13. The van der Waals surface area contributed by atoms with Gasteiger partial charge in [0.15, 0.2) is 5.84 Å². The minimum atomic E-state index is -3.72. The van der Waals surface area contributed by atoms with Crippen LogP contribution < -0.4 is 15.4 Å². The lowest BCUT2D eigenvalue weighted by atomic mass is 10.2. The van der Waals surface area contributed by atoms with E-state index in [2.05, 4.69) is 15.0 Å². The van der Waals surface area contributed by atoms with E-state index in [1.165, 1.54) is 20.1 Å². The first-order valence-electron chi connectivity index (χ1n) is 7.08. The highest BCUT2D eigenvalue weighted by Gasteiger charge is 2.28. The van der Waals surface area contributed by atoms with Crippen molar-refractivity contribution >= 4 is 33.1 Å². The number of rotatable bonds is 3. The van der Waals surface area contributed by atoms with Gasteiger partial charge in [0, 0.05) is 18.6 Å². The average Bonchev–Trinajstić information content (AvgIpc) is 2.80. The molecule has 7 nitrogen and oxygen atoms in total. The Labute approximate surface area is 139 Å². The van der Waals surface area contributed by atoms with Crippen LogP contribution in [0.3, 0.4) is 0 Å². The number of hydrogen-bond donors (Lipinski definition) is 2. The molecule has 3 rings (SSSR count). The fourth-order valence-electron chi connectivity index (χ4n) is 2.38. The van der Waals surface area contributed by atoms with E-state index in [0.29, 0.717) is 22.7 Å². The van der Waals surface area contributed by atoms with Crippen LogP contribution in [0.15, 0.2) is 51.8 Å². The largest absolute Gasteiger partial charge is 0.497 e. The highest BCUT2D eigenvalue weighted by molar-refractivity contribution is 7.90. The number of amides is 1. The Morgan fingerprint density at radius 1 is 1.12 bits per heavy atom. The third-order valence-electron chi connectivity index (χ3n) is 3.42. The summed E-state index contributed by atoms with van der Waals surface area (Å²) in [6.45, 7) is 1.39. The molecule has 1 aliphatic heterocycles. The minimum absolute atomic E-state index is 0.150. The maximum absolute atomic E-state index is 12.1. The van der Waals surface area contributed by atoms with Gasteiger partial charge in [-0.3, -0.25) is 4.79 Å². The zero-order valence-electron chi connectivity index (χ0n) is 13.0. The molecular weight excluding hydrogens is 330 g/mol. The summed E-state index contributed by atoms with van der Waals surface area (Å²) in [7, 11) is -2.20. The van der Waals surface area contributed by atoms with Crippen LogP contribution in [-0.2, 0) is 14.8 Å². The second kappa shape index (κ2) is 5.97. The van der Waals surface area contributed by atoms with Gasteiger partial charge in [0.05, 0.1) is 18.5 Å². The second-order valence-electron chi connectivity index (χ2n) is 5.13. The van der Waals surface area contributed by atoms with E-state index in [9.17, 15) is 13.2 Å². The molecule has 1 amide bonds. The quantitative estimate of drug-likeness (QED) is 0.889. The number of nitrogens with one attached hydrogen (secondary N) is 2. The monoisotopic (exact) mass is 345 g/mol. The van der Waals surface area contributed by atoms with Gasteiger partial charge < -0.3 is 15.4 Å². The third-order valence-corrected chi connectivity index (χ3v) is 4.76. The van der Waals surface area contributed by atoms with Crippen molar-refractivity contribution < 1.29 is 17.9 Å². The molecule has 0 fully saturated rings. The molecule has 0 bridgehead atoms. The predicted octanol–water partition coefficient (Wildman–Crippen LogP) is 2.21. The van der Waals surface area contributed by atoms with Gasteiger partial charge in [0.2, 0.25) is 5.91 Å². The van der Waals surface area contributed by atoms with Gasteiger partial charge >= 0.3 is 0 Å². The van der Waals surface area contributed by atoms with Crippen molar-refractivity contribution in [3.05, 3.63) is 48.0 Å². The molecule has 124 valence electrons. The van der Waals surface area contributed by atoms with E-state index in [1.54, 1.807) is 36.4 Å².